The van der Waals surface area contributed by atoms with Crippen molar-refractivity contribution < 1.29 is 0 Å². The minimum atomic E-state index is -0.597. The smallest absolute Gasteiger partial charge is 0.0668 e. The molecule has 0 spiro atoms. The zero-order valence-electron chi connectivity index (χ0n) is 26.3. The van der Waals surface area contributed by atoms with Crippen LogP contribution >= 0.6 is 0 Å². The molecule has 0 N–H and O–H groups in total. The molecule has 43 heavy (non-hydrogen) atoms. The molecule has 5 unspecified atom stereocenters. The van der Waals surface area contributed by atoms with Gasteiger partial charge < -0.3 is 0 Å². The van der Waals surface area contributed by atoms with Gasteiger partial charge in [-0.1, -0.05) is 90.4 Å². The molecule has 5 atom stereocenters. The Morgan fingerprint density at radius 3 is 1.93 bits per heavy atom. The van der Waals surface area contributed by atoms with Crippen LogP contribution in [0.4, 0.5) is 0 Å². The first-order chi connectivity index (χ1) is 20.7. The number of benzene rings is 1. The van der Waals surface area contributed by atoms with Crippen LogP contribution in [0.15, 0.2) is 122 Å². The predicted octanol–water partition coefficient (Wildman–Crippen LogP) is 8.40. The van der Waals surface area contributed by atoms with Gasteiger partial charge in [0.2, 0.25) is 0 Å². The normalized spacial score (nSPS) is 17.9. The molecule has 0 saturated heterocycles. The monoisotopic (exact) mass is 569 g/mol. The molecule has 5 heteroatoms. The zero-order chi connectivity index (χ0) is 30.6. The number of nitrogens with zero attached hydrogens (tertiary/aromatic N) is 5. The van der Waals surface area contributed by atoms with Crippen LogP contribution in [-0.2, 0) is 21.7 Å². The third-order valence-corrected chi connectivity index (χ3v) is 10.9. The molecule has 0 aliphatic rings. The molecular weight excluding hydrogens is 526 g/mol. The summed E-state index contributed by atoms with van der Waals surface area (Å²) in [4.78, 5) is 14.4. The molecule has 0 saturated carbocycles. The lowest BCUT2D eigenvalue weighted by Gasteiger charge is -2.64. The summed E-state index contributed by atoms with van der Waals surface area (Å²) in [6, 6.07) is 30.1. The predicted molar refractivity (Wildman–Crippen MR) is 174 cm³/mol. The van der Waals surface area contributed by atoms with Crippen molar-refractivity contribution in [1.82, 2.24) is 25.1 Å². The molecule has 0 amide bonds. The summed E-state index contributed by atoms with van der Waals surface area (Å²) >= 11 is 0. The first-order valence-electron chi connectivity index (χ1n) is 15.3. The SMILES string of the molecule is CCCC(C)(c1ccccc1)C(C)(c1ccccn1)C(C)(c1cccnc1)C(C)(c1ccncc1)C(C)c1cccnn1. The number of hydrogen-bond donors (Lipinski definition) is 0. The van der Waals surface area contributed by atoms with Gasteiger partial charge in [0.05, 0.1) is 5.69 Å². The van der Waals surface area contributed by atoms with E-state index in [9.17, 15) is 0 Å². The van der Waals surface area contributed by atoms with Crippen molar-refractivity contribution in [2.75, 3.05) is 0 Å². The van der Waals surface area contributed by atoms with Gasteiger partial charge in [0.15, 0.2) is 0 Å². The molecular formula is C38H43N5. The Balaban J connectivity index is 1.99. The van der Waals surface area contributed by atoms with E-state index in [0.29, 0.717) is 0 Å². The van der Waals surface area contributed by atoms with Crippen LogP contribution < -0.4 is 0 Å². The summed E-state index contributed by atoms with van der Waals surface area (Å²) < 4.78 is 0. The fraction of sp³-hybridized carbons (Fsp3) is 0.342. The average Bonchev–Trinajstić information content (AvgIpc) is 3.08. The van der Waals surface area contributed by atoms with Gasteiger partial charge in [0, 0.05) is 70.5 Å². The van der Waals surface area contributed by atoms with Gasteiger partial charge in [-0.05, 0) is 65.6 Å². The first-order valence-corrected chi connectivity index (χ1v) is 15.3. The second-order valence-electron chi connectivity index (χ2n) is 12.5. The van der Waals surface area contributed by atoms with E-state index < -0.39 is 16.2 Å². The molecule has 0 fully saturated rings. The Hall–Kier alpha value is -4.25. The zero-order valence-corrected chi connectivity index (χ0v) is 26.3. The summed E-state index contributed by atoms with van der Waals surface area (Å²) in [5, 5.41) is 9.02. The highest BCUT2D eigenvalue weighted by Crippen LogP contribution is 2.66. The van der Waals surface area contributed by atoms with E-state index in [4.69, 9.17) is 15.1 Å². The molecule has 5 rings (SSSR count). The van der Waals surface area contributed by atoms with Gasteiger partial charge in [-0.15, -0.1) is 0 Å². The Bertz CT molecular complexity index is 1580. The highest BCUT2D eigenvalue weighted by Gasteiger charge is 2.66. The van der Waals surface area contributed by atoms with Gasteiger partial charge in [-0.3, -0.25) is 15.0 Å². The van der Waals surface area contributed by atoms with E-state index in [-0.39, 0.29) is 11.3 Å². The molecule has 5 nitrogen and oxygen atoms in total. The number of rotatable bonds is 11. The van der Waals surface area contributed by atoms with Crippen molar-refractivity contribution >= 4 is 0 Å². The van der Waals surface area contributed by atoms with Crippen LogP contribution in [-0.4, -0.2) is 25.1 Å². The maximum atomic E-state index is 5.19. The molecule has 0 bridgehead atoms. The topological polar surface area (TPSA) is 64.5 Å². The summed E-state index contributed by atoms with van der Waals surface area (Å²) in [7, 11) is 0. The molecule has 0 aliphatic heterocycles. The van der Waals surface area contributed by atoms with Crippen molar-refractivity contribution in [3.05, 3.63) is 150 Å². The van der Waals surface area contributed by atoms with E-state index in [1.165, 1.54) is 11.1 Å². The van der Waals surface area contributed by atoms with Crippen molar-refractivity contribution in [2.45, 2.75) is 82.0 Å². The standard InChI is InChI=1S/C38H43N5/c1-7-22-35(3,30-15-9-8-10-16-30)38(6,34-19-11-12-24-41-34)37(5,32-17-13-23-40-28-32)36(4,31-20-26-39-27-21-31)29(2)33-18-14-25-42-43-33/h8-21,23-29H,7,22H2,1-6H3. The van der Waals surface area contributed by atoms with Crippen LogP contribution in [0.3, 0.4) is 0 Å². The Kier molecular flexibility index (Phi) is 8.55. The fourth-order valence-electron chi connectivity index (χ4n) is 8.01. The number of hydrogen-bond acceptors (Lipinski definition) is 5. The largest absolute Gasteiger partial charge is 0.265 e. The Labute approximate surface area is 256 Å². The molecule has 220 valence electrons. The molecule has 1 aromatic carbocycles. The molecule has 5 aromatic rings. The highest BCUT2D eigenvalue weighted by atomic mass is 15.1. The van der Waals surface area contributed by atoms with Crippen LogP contribution in [0.1, 0.15) is 88.4 Å². The van der Waals surface area contributed by atoms with E-state index in [0.717, 1.165) is 29.8 Å². The van der Waals surface area contributed by atoms with E-state index >= 15 is 0 Å². The summed E-state index contributed by atoms with van der Waals surface area (Å²) in [5.41, 5.74) is 3.59. The lowest BCUT2D eigenvalue weighted by atomic mass is 9.38. The van der Waals surface area contributed by atoms with Crippen molar-refractivity contribution in [3.63, 3.8) is 0 Å². The minimum absolute atomic E-state index is 0.0431. The molecule has 4 aromatic heterocycles. The highest BCUT2D eigenvalue weighted by molar-refractivity contribution is 5.51. The quantitative estimate of drug-likeness (QED) is 0.160. The Morgan fingerprint density at radius 2 is 1.33 bits per heavy atom. The van der Waals surface area contributed by atoms with E-state index in [1.807, 2.05) is 36.9 Å². The summed E-state index contributed by atoms with van der Waals surface area (Å²) in [5.74, 6) is -0.0431. The van der Waals surface area contributed by atoms with Crippen LogP contribution in [0.2, 0.25) is 0 Å². The first kappa shape index (κ1) is 30.2. The van der Waals surface area contributed by atoms with Gasteiger partial charge in [-0.25, -0.2) is 0 Å². The second-order valence-corrected chi connectivity index (χ2v) is 12.5. The van der Waals surface area contributed by atoms with Crippen LogP contribution in [0.5, 0.6) is 0 Å². The minimum Gasteiger partial charge on any atom is -0.265 e. The maximum Gasteiger partial charge on any atom is 0.0668 e. The Morgan fingerprint density at radius 1 is 0.628 bits per heavy atom. The second kappa shape index (κ2) is 12.2. The van der Waals surface area contributed by atoms with E-state index in [2.05, 4.69) is 131 Å². The average molecular weight is 570 g/mol. The third kappa shape index (κ3) is 4.75. The van der Waals surface area contributed by atoms with Gasteiger partial charge in [-0.2, -0.15) is 10.2 Å². The van der Waals surface area contributed by atoms with Gasteiger partial charge in [0.25, 0.3) is 0 Å². The fourth-order valence-corrected chi connectivity index (χ4v) is 8.01. The molecule has 0 aliphatic carbocycles. The third-order valence-electron chi connectivity index (χ3n) is 10.9. The number of pyridine rings is 3. The lowest BCUT2D eigenvalue weighted by Crippen LogP contribution is -2.66. The maximum absolute atomic E-state index is 5.19. The number of aromatic nitrogens is 5. The van der Waals surface area contributed by atoms with Crippen molar-refractivity contribution in [3.8, 4) is 0 Å². The van der Waals surface area contributed by atoms with Crippen molar-refractivity contribution in [2.24, 2.45) is 0 Å². The lowest BCUT2D eigenvalue weighted by molar-refractivity contribution is 0.0433. The van der Waals surface area contributed by atoms with Crippen molar-refractivity contribution in [1.29, 1.82) is 0 Å². The van der Waals surface area contributed by atoms with Crippen LogP contribution in [0.25, 0.3) is 0 Å². The van der Waals surface area contributed by atoms with E-state index in [1.54, 1.807) is 6.20 Å². The molecule has 4 heterocycles. The van der Waals surface area contributed by atoms with Gasteiger partial charge >= 0.3 is 0 Å². The summed E-state index contributed by atoms with van der Waals surface area (Å²) in [6.45, 7) is 14.3. The molecule has 0 radical (unpaired) electrons. The van der Waals surface area contributed by atoms with Gasteiger partial charge in [0.1, 0.15) is 0 Å². The summed E-state index contributed by atoms with van der Waals surface area (Å²) in [6.07, 6.45) is 13.4. The van der Waals surface area contributed by atoms with Crippen LogP contribution in [0, 0.1) is 0 Å².